The largest absolute Gasteiger partial charge is 0.398 e. The smallest absolute Gasteiger partial charge is 0.163 e. The molecule has 0 heterocycles. The lowest BCUT2D eigenvalue weighted by atomic mass is 9.84. The predicted molar refractivity (Wildman–Crippen MR) is 73.7 cm³/mol. The van der Waals surface area contributed by atoms with Crippen molar-refractivity contribution in [2.45, 2.75) is 32.1 Å². The van der Waals surface area contributed by atoms with Gasteiger partial charge in [-0.2, -0.15) is 0 Å². The average Bonchev–Trinajstić information content (AvgIpc) is 2.94. The van der Waals surface area contributed by atoms with Gasteiger partial charge in [0.15, 0.2) is 5.78 Å². The fourth-order valence-corrected chi connectivity index (χ4v) is 3.86. The third-order valence-electron chi connectivity index (χ3n) is 4.65. The van der Waals surface area contributed by atoms with E-state index in [9.17, 15) is 4.79 Å². The van der Waals surface area contributed by atoms with Gasteiger partial charge in [0.25, 0.3) is 0 Å². The van der Waals surface area contributed by atoms with E-state index in [1.165, 1.54) is 25.7 Å². The van der Waals surface area contributed by atoms with Crippen molar-refractivity contribution in [3.8, 4) is 0 Å². The molecule has 3 heteroatoms. The molecule has 2 bridgehead atoms. The molecule has 0 amide bonds. The molecule has 0 radical (unpaired) electrons. The molecule has 0 spiro atoms. The number of fused-ring (bicyclic) bond motifs is 2. The van der Waals surface area contributed by atoms with Crippen molar-refractivity contribution in [2.75, 3.05) is 5.73 Å². The number of rotatable bonds is 3. The van der Waals surface area contributed by atoms with Crippen LogP contribution in [0.25, 0.3) is 0 Å². The molecule has 3 rings (SSSR count). The first-order chi connectivity index (χ1) is 8.63. The number of Topliss-reactive ketones (excluding diaryl/α,β-unsaturated/α-hetero) is 1. The first kappa shape index (κ1) is 12.0. The van der Waals surface area contributed by atoms with E-state index in [0.717, 1.165) is 11.8 Å². The summed E-state index contributed by atoms with van der Waals surface area (Å²) < 4.78 is 0. The lowest BCUT2D eigenvalue weighted by molar-refractivity contribution is 0.0944. The SMILES string of the molecule is Nc1ccc(C(=O)CC2CC3CCC2C3)cc1Cl. The van der Waals surface area contributed by atoms with Crippen molar-refractivity contribution in [3.63, 3.8) is 0 Å². The molecule has 2 aliphatic carbocycles. The quantitative estimate of drug-likeness (QED) is 0.663. The van der Waals surface area contributed by atoms with E-state index in [-0.39, 0.29) is 5.78 Å². The summed E-state index contributed by atoms with van der Waals surface area (Å²) in [5.74, 6) is 2.51. The Labute approximate surface area is 113 Å². The second-order valence-corrected chi connectivity index (χ2v) is 6.21. The van der Waals surface area contributed by atoms with Crippen LogP contribution in [0.15, 0.2) is 18.2 Å². The molecule has 18 heavy (non-hydrogen) atoms. The van der Waals surface area contributed by atoms with Gasteiger partial charge in [-0.25, -0.2) is 0 Å². The maximum absolute atomic E-state index is 12.2. The zero-order valence-electron chi connectivity index (χ0n) is 10.4. The van der Waals surface area contributed by atoms with Crippen LogP contribution in [0, 0.1) is 17.8 Å². The normalized spacial score (nSPS) is 29.7. The molecule has 0 saturated heterocycles. The molecule has 0 aliphatic heterocycles. The first-order valence-electron chi connectivity index (χ1n) is 6.71. The summed E-state index contributed by atoms with van der Waals surface area (Å²) in [7, 11) is 0. The lowest BCUT2D eigenvalue weighted by Crippen LogP contribution is -2.15. The highest BCUT2D eigenvalue weighted by molar-refractivity contribution is 6.33. The van der Waals surface area contributed by atoms with Gasteiger partial charge in [-0.05, 0) is 55.2 Å². The molecular weight excluding hydrogens is 246 g/mol. The Morgan fingerprint density at radius 3 is 2.78 bits per heavy atom. The molecule has 2 nitrogen and oxygen atoms in total. The molecule has 2 fully saturated rings. The van der Waals surface area contributed by atoms with Gasteiger partial charge in [0.05, 0.1) is 10.7 Å². The Hall–Kier alpha value is -1.02. The topological polar surface area (TPSA) is 43.1 Å². The zero-order chi connectivity index (χ0) is 12.7. The highest BCUT2D eigenvalue weighted by atomic mass is 35.5. The molecule has 1 aromatic carbocycles. The lowest BCUT2D eigenvalue weighted by Gasteiger charge is -2.20. The summed E-state index contributed by atoms with van der Waals surface area (Å²) in [4.78, 5) is 12.2. The Morgan fingerprint density at radius 1 is 1.33 bits per heavy atom. The van der Waals surface area contributed by atoms with Crippen LogP contribution in [-0.4, -0.2) is 5.78 Å². The van der Waals surface area contributed by atoms with Crippen LogP contribution in [0.4, 0.5) is 5.69 Å². The summed E-state index contributed by atoms with van der Waals surface area (Å²) in [6.07, 6.45) is 5.98. The standard InChI is InChI=1S/C15H18ClNO/c16-13-7-11(3-4-14(13)17)15(18)8-12-6-9-1-2-10(12)5-9/h3-4,7,9-10,12H,1-2,5-6,8,17H2. The van der Waals surface area contributed by atoms with E-state index in [4.69, 9.17) is 17.3 Å². The second-order valence-electron chi connectivity index (χ2n) is 5.80. The monoisotopic (exact) mass is 263 g/mol. The molecule has 1 aromatic rings. The van der Waals surface area contributed by atoms with Crippen molar-refractivity contribution in [1.82, 2.24) is 0 Å². The summed E-state index contributed by atoms with van der Waals surface area (Å²) in [5, 5.41) is 0.480. The van der Waals surface area contributed by atoms with Gasteiger partial charge in [-0.15, -0.1) is 0 Å². The van der Waals surface area contributed by atoms with E-state index < -0.39 is 0 Å². The summed E-state index contributed by atoms with van der Waals surface area (Å²) in [5.41, 5.74) is 6.90. The van der Waals surface area contributed by atoms with Crippen LogP contribution < -0.4 is 5.73 Å². The minimum atomic E-state index is 0.217. The minimum absolute atomic E-state index is 0.217. The number of carbonyl (C=O) groups is 1. The summed E-state index contributed by atoms with van der Waals surface area (Å²) >= 11 is 5.96. The number of halogens is 1. The molecule has 0 aromatic heterocycles. The van der Waals surface area contributed by atoms with E-state index in [1.54, 1.807) is 18.2 Å². The number of carbonyl (C=O) groups excluding carboxylic acids is 1. The Balaban J connectivity index is 1.69. The highest BCUT2D eigenvalue weighted by Gasteiger charge is 2.40. The molecule has 2 aliphatic rings. The number of hydrogen-bond acceptors (Lipinski definition) is 2. The van der Waals surface area contributed by atoms with Crippen LogP contribution in [-0.2, 0) is 0 Å². The number of benzene rings is 1. The van der Waals surface area contributed by atoms with Crippen LogP contribution in [0.5, 0.6) is 0 Å². The van der Waals surface area contributed by atoms with Crippen LogP contribution in [0.3, 0.4) is 0 Å². The van der Waals surface area contributed by atoms with E-state index in [2.05, 4.69) is 0 Å². The summed E-state index contributed by atoms with van der Waals surface area (Å²) in [6, 6.07) is 5.21. The van der Waals surface area contributed by atoms with E-state index >= 15 is 0 Å². The Morgan fingerprint density at radius 2 is 2.17 bits per heavy atom. The predicted octanol–water partition coefficient (Wildman–Crippen LogP) is 3.93. The minimum Gasteiger partial charge on any atom is -0.398 e. The van der Waals surface area contributed by atoms with Crippen LogP contribution in [0.2, 0.25) is 5.02 Å². The maximum Gasteiger partial charge on any atom is 0.163 e. The fourth-order valence-electron chi connectivity index (χ4n) is 3.68. The first-order valence-corrected chi connectivity index (χ1v) is 7.09. The third kappa shape index (κ3) is 2.14. The van der Waals surface area contributed by atoms with E-state index in [1.807, 2.05) is 0 Å². The van der Waals surface area contributed by atoms with Crippen molar-refractivity contribution in [2.24, 2.45) is 17.8 Å². The number of hydrogen-bond donors (Lipinski definition) is 1. The Kier molecular flexibility index (Phi) is 3.06. The Bertz CT molecular complexity index is 485. The van der Waals surface area contributed by atoms with Gasteiger partial charge in [0.2, 0.25) is 0 Å². The van der Waals surface area contributed by atoms with Gasteiger partial charge >= 0.3 is 0 Å². The highest BCUT2D eigenvalue weighted by Crippen LogP contribution is 2.49. The van der Waals surface area contributed by atoms with Crippen molar-refractivity contribution >= 4 is 23.1 Å². The molecular formula is C15H18ClNO. The maximum atomic E-state index is 12.2. The molecule has 3 atom stereocenters. The molecule has 2 saturated carbocycles. The summed E-state index contributed by atoms with van der Waals surface area (Å²) in [6.45, 7) is 0. The van der Waals surface area contributed by atoms with Crippen molar-refractivity contribution in [3.05, 3.63) is 28.8 Å². The molecule has 3 unspecified atom stereocenters. The fraction of sp³-hybridized carbons (Fsp3) is 0.533. The second kappa shape index (κ2) is 4.58. The molecule has 96 valence electrons. The van der Waals surface area contributed by atoms with E-state index in [0.29, 0.717) is 28.6 Å². The van der Waals surface area contributed by atoms with Gasteiger partial charge in [-0.3, -0.25) is 4.79 Å². The average molecular weight is 264 g/mol. The number of ketones is 1. The zero-order valence-corrected chi connectivity index (χ0v) is 11.1. The van der Waals surface area contributed by atoms with Gasteiger partial charge < -0.3 is 5.73 Å². The van der Waals surface area contributed by atoms with Crippen LogP contribution in [0.1, 0.15) is 42.5 Å². The number of nitrogen functional groups attached to an aromatic ring is 1. The van der Waals surface area contributed by atoms with Crippen molar-refractivity contribution < 1.29 is 4.79 Å². The third-order valence-corrected chi connectivity index (χ3v) is 4.98. The van der Waals surface area contributed by atoms with Crippen LogP contribution >= 0.6 is 11.6 Å². The number of anilines is 1. The van der Waals surface area contributed by atoms with Gasteiger partial charge in [-0.1, -0.05) is 18.0 Å². The van der Waals surface area contributed by atoms with Gasteiger partial charge in [0.1, 0.15) is 0 Å². The number of nitrogens with two attached hydrogens (primary N) is 1. The molecule has 2 N–H and O–H groups in total. The van der Waals surface area contributed by atoms with Gasteiger partial charge in [0, 0.05) is 12.0 Å². The van der Waals surface area contributed by atoms with Crippen molar-refractivity contribution in [1.29, 1.82) is 0 Å².